The van der Waals surface area contributed by atoms with Gasteiger partial charge in [-0.3, -0.25) is 0 Å². The zero-order chi connectivity index (χ0) is 14.7. The Morgan fingerprint density at radius 1 is 1.37 bits per heavy atom. The molecule has 1 aromatic carbocycles. The lowest BCUT2D eigenvalue weighted by molar-refractivity contribution is -0.257. The number of carbonyl (C=O) groups is 1. The quantitative estimate of drug-likeness (QED) is 0.859. The molecule has 0 heterocycles. The summed E-state index contributed by atoms with van der Waals surface area (Å²) in [6.07, 6.45) is -3.47. The Hall–Kier alpha value is -1.82. The smallest absolute Gasteiger partial charge is 0.427 e. The van der Waals surface area contributed by atoms with Gasteiger partial charge >= 0.3 is 12.1 Å². The van der Waals surface area contributed by atoms with Crippen LogP contribution in [0.2, 0.25) is 0 Å². The summed E-state index contributed by atoms with van der Waals surface area (Å²) < 4.78 is 41.5. The molecule has 0 aliphatic carbocycles. The Morgan fingerprint density at radius 3 is 2.32 bits per heavy atom. The van der Waals surface area contributed by atoms with E-state index in [2.05, 4.69) is 11.3 Å². The van der Waals surface area contributed by atoms with Gasteiger partial charge in [-0.15, -0.1) is 0 Å². The zero-order valence-corrected chi connectivity index (χ0v) is 10.2. The summed E-state index contributed by atoms with van der Waals surface area (Å²) in [7, 11) is 0. The fourth-order valence-electron chi connectivity index (χ4n) is 1.16. The van der Waals surface area contributed by atoms with Gasteiger partial charge in [-0.05, 0) is 18.1 Å². The first kappa shape index (κ1) is 15.2. The van der Waals surface area contributed by atoms with E-state index in [0.29, 0.717) is 12.5 Å². The predicted molar refractivity (Wildman–Crippen MR) is 63.0 cm³/mol. The lowest BCUT2D eigenvalue weighted by Crippen LogP contribution is -2.50. The SMILES string of the molecule is C=Cc1ccc(COC(=O)C(C)(O)C(F)(F)F)cc1. The number of hydrogen-bond acceptors (Lipinski definition) is 3. The van der Waals surface area contributed by atoms with Gasteiger partial charge in [0.2, 0.25) is 0 Å². The largest absolute Gasteiger partial charge is 0.458 e. The molecule has 1 N–H and O–H groups in total. The molecule has 1 atom stereocenters. The van der Waals surface area contributed by atoms with Gasteiger partial charge in [-0.2, -0.15) is 13.2 Å². The van der Waals surface area contributed by atoms with Crippen LogP contribution in [0.1, 0.15) is 18.1 Å². The van der Waals surface area contributed by atoms with Crippen LogP contribution in [-0.2, 0) is 16.1 Å². The molecule has 0 aromatic heterocycles. The first-order chi connectivity index (χ1) is 8.68. The highest BCUT2D eigenvalue weighted by Gasteiger charge is 2.57. The van der Waals surface area contributed by atoms with Gasteiger partial charge in [0.25, 0.3) is 5.60 Å². The van der Waals surface area contributed by atoms with Gasteiger partial charge in [-0.25, -0.2) is 4.79 Å². The van der Waals surface area contributed by atoms with Gasteiger partial charge < -0.3 is 9.84 Å². The van der Waals surface area contributed by atoms with Crippen molar-refractivity contribution >= 4 is 12.0 Å². The summed E-state index contributed by atoms with van der Waals surface area (Å²) in [5.74, 6) is -1.73. The Bertz CT molecular complexity index is 461. The normalized spacial score (nSPS) is 14.6. The monoisotopic (exact) mass is 274 g/mol. The van der Waals surface area contributed by atoms with Crippen molar-refractivity contribution < 1.29 is 27.8 Å². The van der Waals surface area contributed by atoms with Crippen LogP contribution in [-0.4, -0.2) is 22.9 Å². The number of aliphatic hydroxyl groups is 1. The summed E-state index contributed by atoms with van der Waals surface area (Å²) in [5, 5.41) is 9.07. The standard InChI is InChI=1S/C13H13F3O3/c1-3-9-4-6-10(7-5-9)8-19-11(17)12(2,18)13(14,15)16/h3-7,18H,1,8H2,2H3. The van der Waals surface area contributed by atoms with Gasteiger partial charge in [-0.1, -0.05) is 36.9 Å². The Balaban J connectivity index is 2.66. The van der Waals surface area contributed by atoms with Crippen molar-refractivity contribution in [3.63, 3.8) is 0 Å². The van der Waals surface area contributed by atoms with Crippen molar-refractivity contribution in [3.05, 3.63) is 42.0 Å². The van der Waals surface area contributed by atoms with Gasteiger partial charge in [0, 0.05) is 0 Å². The minimum absolute atomic E-state index is 0.345. The molecule has 0 bridgehead atoms. The first-order valence-corrected chi connectivity index (χ1v) is 5.36. The number of halogens is 3. The Kier molecular flexibility index (Phi) is 4.36. The molecule has 104 valence electrons. The fourth-order valence-corrected chi connectivity index (χ4v) is 1.16. The van der Waals surface area contributed by atoms with Crippen molar-refractivity contribution in [1.82, 2.24) is 0 Å². The maximum absolute atomic E-state index is 12.3. The molecule has 3 nitrogen and oxygen atoms in total. The first-order valence-electron chi connectivity index (χ1n) is 5.36. The average Bonchev–Trinajstić information content (AvgIpc) is 2.35. The van der Waals surface area contributed by atoms with Crippen LogP contribution in [0.15, 0.2) is 30.8 Å². The molecule has 0 fully saturated rings. The van der Waals surface area contributed by atoms with Crippen molar-refractivity contribution in [3.8, 4) is 0 Å². The summed E-state index contributed by atoms with van der Waals surface area (Å²) >= 11 is 0. The van der Waals surface area contributed by atoms with Gasteiger partial charge in [0.1, 0.15) is 6.61 Å². The summed E-state index contributed by atoms with van der Waals surface area (Å²) in [6, 6.07) is 6.54. The van der Waals surface area contributed by atoms with Crippen LogP contribution in [0.3, 0.4) is 0 Å². The number of carbonyl (C=O) groups excluding carboxylic acids is 1. The maximum atomic E-state index is 12.3. The van der Waals surface area contributed by atoms with Gasteiger partial charge in [0.15, 0.2) is 0 Å². The molecule has 0 aliphatic rings. The second kappa shape index (κ2) is 5.44. The molecule has 6 heteroatoms. The summed E-state index contributed by atoms with van der Waals surface area (Å²) in [4.78, 5) is 11.2. The summed E-state index contributed by atoms with van der Waals surface area (Å²) in [6.45, 7) is 3.56. The number of esters is 1. The highest BCUT2D eigenvalue weighted by Crippen LogP contribution is 2.31. The molecule has 0 aliphatic heterocycles. The Labute approximate surface area is 108 Å². The van der Waals surface area contributed by atoms with E-state index < -0.39 is 17.7 Å². The Morgan fingerprint density at radius 2 is 1.89 bits per heavy atom. The van der Waals surface area contributed by atoms with E-state index in [0.717, 1.165) is 5.56 Å². The van der Waals surface area contributed by atoms with E-state index in [4.69, 9.17) is 5.11 Å². The second-order valence-electron chi connectivity index (χ2n) is 4.09. The minimum Gasteiger partial charge on any atom is -0.458 e. The van der Waals surface area contributed by atoms with Crippen LogP contribution < -0.4 is 0 Å². The van der Waals surface area contributed by atoms with Crippen LogP contribution in [0.5, 0.6) is 0 Å². The molecule has 0 saturated heterocycles. The minimum atomic E-state index is -5.07. The highest BCUT2D eigenvalue weighted by molar-refractivity contribution is 5.79. The van der Waals surface area contributed by atoms with Crippen molar-refractivity contribution in [2.24, 2.45) is 0 Å². The maximum Gasteiger partial charge on any atom is 0.427 e. The molecular weight excluding hydrogens is 261 g/mol. The van der Waals surface area contributed by atoms with E-state index in [1.807, 2.05) is 0 Å². The lowest BCUT2D eigenvalue weighted by Gasteiger charge is -2.23. The van der Waals surface area contributed by atoms with Crippen LogP contribution >= 0.6 is 0 Å². The van der Waals surface area contributed by atoms with E-state index in [1.54, 1.807) is 30.3 Å². The third-order valence-electron chi connectivity index (χ3n) is 2.53. The molecule has 1 aromatic rings. The molecule has 0 saturated carbocycles. The van der Waals surface area contributed by atoms with Crippen LogP contribution in [0.25, 0.3) is 6.08 Å². The highest BCUT2D eigenvalue weighted by atomic mass is 19.4. The molecule has 0 radical (unpaired) electrons. The van der Waals surface area contributed by atoms with E-state index in [9.17, 15) is 18.0 Å². The van der Waals surface area contributed by atoms with Gasteiger partial charge in [0.05, 0.1) is 0 Å². The zero-order valence-electron chi connectivity index (χ0n) is 10.2. The number of ether oxygens (including phenoxy) is 1. The third kappa shape index (κ3) is 3.57. The third-order valence-corrected chi connectivity index (χ3v) is 2.53. The van der Waals surface area contributed by atoms with Crippen LogP contribution in [0, 0.1) is 0 Å². The van der Waals surface area contributed by atoms with Crippen molar-refractivity contribution in [1.29, 1.82) is 0 Å². The molecule has 1 rings (SSSR count). The van der Waals surface area contributed by atoms with E-state index >= 15 is 0 Å². The van der Waals surface area contributed by atoms with E-state index in [1.165, 1.54) is 0 Å². The lowest BCUT2D eigenvalue weighted by atomic mass is 10.1. The van der Waals surface area contributed by atoms with Crippen molar-refractivity contribution in [2.75, 3.05) is 0 Å². The summed E-state index contributed by atoms with van der Waals surface area (Å²) in [5.41, 5.74) is -2.16. The molecule has 1 unspecified atom stereocenters. The number of rotatable bonds is 4. The second-order valence-corrected chi connectivity index (χ2v) is 4.09. The van der Waals surface area contributed by atoms with E-state index in [-0.39, 0.29) is 6.61 Å². The number of alkyl halides is 3. The number of hydrogen-bond donors (Lipinski definition) is 1. The predicted octanol–water partition coefficient (Wildman–Crippen LogP) is 2.69. The molecular formula is C13H13F3O3. The fraction of sp³-hybridized carbons (Fsp3) is 0.308. The molecule has 0 amide bonds. The molecule has 19 heavy (non-hydrogen) atoms. The topological polar surface area (TPSA) is 46.5 Å². The van der Waals surface area contributed by atoms with Crippen molar-refractivity contribution in [2.45, 2.75) is 25.3 Å². The average molecular weight is 274 g/mol. The number of benzene rings is 1. The molecule has 0 spiro atoms. The van der Waals surface area contributed by atoms with Crippen LogP contribution in [0.4, 0.5) is 13.2 Å².